The molecule has 1 aliphatic carbocycles. The molecule has 0 saturated heterocycles. The van der Waals surface area contributed by atoms with Gasteiger partial charge in [-0.05, 0) is 129 Å². The van der Waals surface area contributed by atoms with Crippen molar-refractivity contribution >= 4 is 43.1 Å². The van der Waals surface area contributed by atoms with Crippen LogP contribution in [0.2, 0.25) is 0 Å². The van der Waals surface area contributed by atoms with Gasteiger partial charge in [0.15, 0.2) is 0 Å². The van der Waals surface area contributed by atoms with E-state index in [1.165, 1.54) is 98.7 Å². The molecule has 9 aromatic rings. The third-order valence-corrected chi connectivity index (χ3v) is 9.95. The molecule has 0 fully saturated rings. The van der Waals surface area contributed by atoms with Gasteiger partial charge in [-0.1, -0.05) is 140 Å². The summed E-state index contributed by atoms with van der Waals surface area (Å²) < 4.78 is 0. The summed E-state index contributed by atoms with van der Waals surface area (Å²) in [6.45, 7) is 0. The molecule has 0 atom stereocenters. The number of benzene rings is 9. The van der Waals surface area contributed by atoms with E-state index >= 15 is 0 Å². The molecule has 0 radical (unpaired) electrons. The Morgan fingerprint density at radius 1 is 0.217 bits per heavy atom. The predicted molar refractivity (Wildman–Crippen MR) is 197 cm³/mol. The van der Waals surface area contributed by atoms with Gasteiger partial charge in [0.05, 0.1) is 0 Å². The van der Waals surface area contributed by atoms with Crippen LogP contribution < -0.4 is 0 Å². The van der Waals surface area contributed by atoms with Crippen LogP contribution in [0.3, 0.4) is 0 Å². The van der Waals surface area contributed by atoms with E-state index in [2.05, 4.69) is 170 Å². The van der Waals surface area contributed by atoms with Gasteiger partial charge in [-0.3, -0.25) is 0 Å². The third kappa shape index (κ3) is 3.81. The minimum absolute atomic E-state index is 1.23. The van der Waals surface area contributed by atoms with Crippen LogP contribution >= 0.6 is 0 Å². The highest BCUT2D eigenvalue weighted by atomic mass is 14.2. The van der Waals surface area contributed by atoms with Gasteiger partial charge in [0.25, 0.3) is 0 Å². The van der Waals surface area contributed by atoms with Crippen LogP contribution in [0, 0.1) is 0 Å². The molecule has 0 unspecified atom stereocenters. The zero-order valence-electron chi connectivity index (χ0n) is 25.2. The van der Waals surface area contributed by atoms with Crippen molar-refractivity contribution in [2.75, 3.05) is 0 Å². The Morgan fingerprint density at radius 3 is 1.57 bits per heavy atom. The summed E-state index contributed by atoms with van der Waals surface area (Å²) in [4.78, 5) is 0. The number of fused-ring (bicyclic) bond motifs is 6. The lowest BCUT2D eigenvalue weighted by molar-refractivity contribution is 1.64. The summed E-state index contributed by atoms with van der Waals surface area (Å²) in [6, 6.07) is 62.9. The zero-order chi connectivity index (χ0) is 30.2. The third-order valence-electron chi connectivity index (χ3n) is 9.95. The van der Waals surface area contributed by atoms with E-state index < -0.39 is 0 Å². The molecule has 0 aromatic heterocycles. The van der Waals surface area contributed by atoms with Gasteiger partial charge in [0, 0.05) is 0 Å². The van der Waals surface area contributed by atoms with Gasteiger partial charge < -0.3 is 0 Å². The fourth-order valence-electron chi connectivity index (χ4n) is 7.73. The lowest BCUT2D eigenvalue weighted by Crippen LogP contribution is -1.87. The van der Waals surface area contributed by atoms with Crippen LogP contribution in [0.25, 0.3) is 98.7 Å². The fraction of sp³-hybridized carbons (Fsp3) is 0. The first-order valence-electron chi connectivity index (χ1n) is 16.0. The molecule has 0 heteroatoms. The van der Waals surface area contributed by atoms with Crippen molar-refractivity contribution in [3.63, 3.8) is 0 Å². The van der Waals surface area contributed by atoms with E-state index in [0.29, 0.717) is 0 Å². The number of rotatable bonds is 3. The van der Waals surface area contributed by atoms with E-state index in [0.717, 1.165) is 0 Å². The average Bonchev–Trinajstić information content (AvgIpc) is 3.45. The molecule has 0 nitrogen and oxygen atoms in total. The Morgan fingerprint density at radius 2 is 0.739 bits per heavy atom. The molecule has 0 N–H and O–H groups in total. The summed E-state index contributed by atoms with van der Waals surface area (Å²) in [6.07, 6.45) is 0. The van der Waals surface area contributed by atoms with Crippen molar-refractivity contribution in [3.8, 4) is 55.6 Å². The maximum absolute atomic E-state index is 2.37. The monoisotopic (exact) mass is 580 g/mol. The second kappa shape index (κ2) is 9.76. The van der Waals surface area contributed by atoms with Crippen LogP contribution in [-0.2, 0) is 0 Å². The van der Waals surface area contributed by atoms with Crippen molar-refractivity contribution in [2.24, 2.45) is 0 Å². The summed E-state index contributed by atoms with van der Waals surface area (Å²) in [5, 5.41) is 10.2. The summed E-state index contributed by atoms with van der Waals surface area (Å²) in [7, 11) is 0. The second-order valence-corrected chi connectivity index (χ2v) is 12.5. The minimum atomic E-state index is 1.23. The lowest BCUT2D eigenvalue weighted by atomic mass is 9.90. The standard InChI is InChI=1S/C46H28/c1-2-9-31-24-35(21-17-29(31)8-1)45-28-37(26-33-10-3-4-11-38(33)45)32-19-16-30-18-20-34(27-36(30)25-32)39-22-23-44-41-13-6-5-12-40(41)43-15-7-14-42(39)46(43)44/h1-28H. The average molecular weight is 581 g/mol. The van der Waals surface area contributed by atoms with Crippen LogP contribution in [-0.4, -0.2) is 0 Å². The van der Waals surface area contributed by atoms with Crippen molar-refractivity contribution in [1.29, 1.82) is 0 Å². The molecule has 0 bridgehead atoms. The molecule has 9 aromatic carbocycles. The van der Waals surface area contributed by atoms with Gasteiger partial charge in [0.1, 0.15) is 0 Å². The van der Waals surface area contributed by atoms with Crippen LogP contribution in [0.4, 0.5) is 0 Å². The van der Waals surface area contributed by atoms with Crippen LogP contribution in [0.5, 0.6) is 0 Å². The van der Waals surface area contributed by atoms with E-state index in [9.17, 15) is 0 Å². The van der Waals surface area contributed by atoms with Crippen LogP contribution in [0.15, 0.2) is 170 Å². The molecule has 10 rings (SSSR count). The molecule has 0 aliphatic heterocycles. The molecule has 1 aliphatic rings. The minimum Gasteiger partial charge on any atom is -0.0616 e. The molecular weight excluding hydrogens is 553 g/mol. The summed E-state index contributed by atoms with van der Waals surface area (Å²) in [5.41, 5.74) is 12.9. The highest BCUT2D eigenvalue weighted by Crippen LogP contribution is 2.49. The summed E-state index contributed by atoms with van der Waals surface area (Å²) >= 11 is 0. The summed E-state index contributed by atoms with van der Waals surface area (Å²) in [5.74, 6) is 0. The Hall–Kier alpha value is -5.98. The lowest BCUT2D eigenvalue weighted by Gasteiger charge is -2.13. The number of hydrogen-bond acceptors (Lipinski definition) is 0. The Labute approximate surface area is 267 Å². The van der Waals surface area contributed by atoms with Crippen molar-refractivity contribution in [2.45, 2.75) is 0 Å². The van der Waals surface area contributed by atoms with Crippen molar-refractivity contribution in [1.82, 2.24) is 0 Å². The first-order chi connectivity index (χ1) is 22.8. The molecule has 0 spiro atoms. The first kappa shape index (κ1) is 25.4. The normalized spacial score (nSPS) is 11.9. The molecule has 46 heavy (non-hydrogen) atoms. The molecular formula is C46H28. The van der Waals surface area contributed by atoms with Crippen molar-refractivity contribution < 1.29 is 0 Å². The van der Waals surface area contributed by atoms with E-state index in [4.69, 9.17) is 0 Å². The molecule has 212 valence electrons. The molecule has 0 heterocycles. The largest absolute Gasteiger partial charge is 0.0616 e. The van der Waals surface area contributed by atoms with Crippen LogP contribution in [0.1, 0.15) is 0 Å². The number of hydrogen-bond donors (Lipinski definition) is 0. The quantitative estimate of drug-likeness (QED) is 0.195. The second-order valence-electron chi connectivity index (χ2n) is 12.5. The first-order valence-corrected chi connectivity index (χ1v) is 16.0. The van der Waals surface area contributed by atoms with Gasteiger partial charge in [-0.25, -0.2) is 0 Å². The SMILES string of the molecule is c1ccc2c(c1)-c1cccc3c(-c4ccc5ccc(-c6cc(-c7ccc8ccccc8c7)c7ccccc7c6)cc5c4)ccc-2c13. The molecule has 0 saturated carbocycles. The van der Waals surface area contributed by atoms with E-state index in [1.54, 1.807) is 0 Å². The zero-order valence-corrected chi connectivity index (χ0v) is 25.2. The van der Waals surface area contributed by atoms with Gasteiger partial charge in [-0.15, -0.1) is 0 Å². The van der Waals surface area contributed by atoms with Crippen molar-refractivity contribution in [3.05, 3.63) is 170 Å². The maximum Gasteiger partial charge on any atom is -0.00201 e. The fourth-order valence-corrected chi connectivity index (χ4v) is 7.73. The predicted octanol–water partition coefficient (Wildman–Crippen LogP) is 12.9. The topological polar surface area (TPSA) is 0 Å². The van der Waals surface area contributed by atoms with E-state index in [-0.39, 0.29) is 0 Å². The Kier molecular flexibility index (Phi) is 5.38. The van der Waals surface area contributed by atoms with E-state index in [1.807, 2.05) is 0 Å². The highest BCUT2D eigenvalue weighted by molar-refractivity contribution is 6.19. The van der Waals surface area contributed by atoms with Gasteiger partial charge in [0.2, 0.25) is 0 Å². The van der Waals surface area contributed by atoms with Gasteiger partial charge >= 0.3 is 0 Å². The smallest absolute Gasteiger partial charge is 0.00201 e. The highest BCUT2D eigenvalue weighted by Gasteiger charge is 2.22. The maximum atomic E-state index is 2.37. The van der Waals surface area contributed by atoms with Gasteiger partial charge in [-0.2, -0.15) is 0 Å². The molecule has 0 amide bonds. The Balaban J connectivity index is 1.12. The Bertz CT molecular complexity index is 2660.